The third-order valence-corrected chi connectivity index (χ3v) is 4.46. The van der Waals surface area contributed by atoms with E-state index in [9.17, 15) is 9.59 Å². The average molecular weight is 358 g/mol. The summed E-state index contributed by atoms with van der Waals surface area (Å²) < 4.78 is 5.89. The number of carbonyl (C=O) groups is 1. The Morgan fingerprint density at radius 3 is 2.76 bits per heavy atom. The predicted molar refractivity (Wildman–Crippen MR) is 83.8 cm³/mol. The monoisotopic (exact) mass is 357 g/mol. The number of nitrogens with zero attached hydrogens (tertiary/aromatic N) is 3. The summed E-state index contributed by atoms with van der Waals surface area (Å²) in [6, 6.07) is 1.58. The van der Waals surface area contributed by atoms with Gasteiger partial charge in [-0.25, -0.2) is 4.68 Å². The van der Waals surface area contributed by atoms with Crippen molar-refractivity contribution in [2.24, 2.45) is 5.92 Å². The van der Waals surface area contributed by atoms with Gasteiger partial charge < -0.3 is 9.64 Å². The van der Waals surface area contributed by atoms with Crippen molar-refractivity contribution >= 4 is 27.6 Å². The third-order valence-electron chi connectivity index (χ3n) is 3.79. The molecule has 7 heteroatoms. The van der Waals surface area contributed by atoms with Crippen molar-refractivity contribution in [2.45, 2.75) is 31.1 Å². The Bertz CT molecular complexity index is 553. The molecule has 0 amide bonds. The van der Waals surface area contributed by atoms with E-state index in [-0.39, 0.29) is 12.1 Å². The molecule has 1 unspecified atom stereocenters. The number of hydrogen-bond acceptors (Lipinski definition) is 5. The maximum atomic E-state index is 12.1. The van der Waals surface area contributed by atoms with E-state index >= 15 is 0 Å². The quantitative estimate of drug-likeness (QED) is 0.602. The van der Waals surface area contributed by atoms with E-state index in [1.165, 1.54) is 11.8 Å². The molecule has 1 aromatic heterocycles. The van der Waals surface area contributed by atoms with Crippen LogP contribution in [0.5, 0.6) is 0 Å². The number of piperidine rings is 1. The van der Waals surface area contributed by atoms with Gasteiger partial charge in [0.15, 0.2) is 0 Å². The summed E-state index contributed by atoms with van der Waals surface area (Å²) in [5.41, 5.74) is 0.645. The van der Waals surface area contributed by atoms with E-state index in [1.54, 1.807) is 12.3 Å². The van der Waals surface area contributed by atoms with Crippen LogP contribution in [0.3, 0.4) is 0 Å². The molecule has 2 heterocycles. The summed E-state index contributed by atoms with van der Waals surface area (Å²) in [7, 11) is 1.31. The van der Waals surface area contributed by atoms with E-state index in [0.717, 1.165) is 37.5 Å². The topological polar surface area (TPSA) is 64.4 Å². The third kappa shape index (κ3) is 4.06. The van der Waals surface area contributed by atoms with Crippen molar-refractivity contribution in [1.82, 2.24) is 9.78 Å². The molecule has 0 bridgehead atoms. The Hall–Kier alpha value is -1.37. The highest BCUT2D eigenvalue weighted by Crippen LogP contribution is 2.21. The number of halogens is 1. The van der Waals surface area contributed by atoms with Gasteiger partial charge in [-0.1, -0.05) is 22.9 Å². The van der Waals surface area contributed by atoms with Gasteiger partial charge in [0.05, 0.1) is 25.5 Å². The molecule has 1 atom stereocenters. The Labute approximate surface area is 132 Å². The first-order valence-corrected chi connectivity index (χ1v) is 7.97. The zero-order valence-corrected chi connectivity index (χ0v) is 13.9. The molecule has 1 saturated heterocycles. The van der Waals surface area contributed by atoms with Crippen molar-refractivity contribution in [3.05, 3.63) is 22.6 Å². The molecular formula is C14H20BrN3O3. The summed E-state index contributed by atoms with van der Waals surface area (Å²) >= 11 is 3.19. The average Bonchev–Trinajstić information content (AvgIpc) is 2.49. The van der Waals surface area contributed by atoms with Gasteiger partial charge in [-0.3, -0.25) is 9.59 Å². The SMILES string of the molecule is COC(=O)C(Br)Cn1ncc(N2CCC(C)CC2)cc1=O. The van der Waals surface area contributed by atoms with Gasteiger partial charge in [-0.2, -0.15) is 5.10 Å². The summed E-state index contributed by atoms with van der Waals surface area (Å²) in [5, 5.41) is 4.15. The fraction of sp³-hybridized carbons (Fsp3) is 0.643. The fourth-order valence-electron chi connectivity index (χ4n) is 2.36. The minimum Gasteiger partial charge on any atom is -0.468 e. The fourth-order valence-corrected chi connectivity index (χ4v) is 2.82. The number of methoxy groups -OCH3 is 1. The molecule has 0 radical (unpaired) electrons. The minimum absolute atomic E-state index is 0.156. The lowest BCUT2D eigenvalue weighted by atomic mass is 9.99. The zero-order valence-electron chi connectivity index (χ0n) is 12.3. The maximum absolute atomic E-state index is 12.1. The second-order valence-corrected chi connectivity index (χ2v) is 6.50. The normalized spacial score (nSPS) is 17.6. The number of hydrogen-bond donors (Lipinski definition) is 0. The second-order valence-electron chi connectivity index (χ2n) is 5.39. The Kier molecular flexibility index (Phi) is 5.39. The van der Waals surface area contributed by atoms with Crippen LogP contribution in [0.1, 0.15) is 19.8 Å². The van der Waals surface area contributed by atoms with Crippen LogP contribution in [0.25, 0.3) is 0 Å². The number of anilines is 1. The van der Waals surface area contributed by atoms with Crippen LogP contribution in [-0.2, 0) is 16.1 Å². The van der Waals surface area contributed by atoms with Crippen molar-refractivity contribution < 1.29 is 9.53 Å². The summed E-state index contributed by atoms with van der Waals surface area (Å²) in [5.74, 6) is 0.321. The van der Waals surface area contributed by atoms with Crippen molar-refractivity contribution in [2.75, 3.05) is 25.1 Å². The van der Waals surface area contributed by atoms with E-state index in [4.69, 9.17) is 0 Å². The lowest BCUT2D eigenvalue weighted by molar-refractivity contribution is -0.140. The molecule has 0 saturated carbocycles. The van der Waals surface area contributed by atoms with E-state index in [2.05, 4.69) is 37.6 Å². The van der Waals surface area contributed by atoms with Crippen LogP contribution in [0.15, 0.2) is 17.1 Å². The lowest BCUT2D eigenvalue weighted by Gasteiger charge is -2.31. The maximum Gasteiger partial charge on any atom is 0.321 e. The Morgan fingerprint density at radius 1 is 1.52 bits per heavy atom. The van der Waals surface area contributed by atoms with Gasteiger partial charge in [0.25, 0.3) is 5.56 Å². The standard InChI is InChI=1S/C14H20BrN3O3/c1-10-3-5-17(6-4-10)11-7-13(19)18(16-8-11)9-12(15)14(20)21-2/h7-8,10,12H,3-6,9H2,1-2H3. The number of ether oxygens (including phenoxy) is 1. The summed E-state index contributed by atoms with van der Waals surface area (Å²) in [4.78, 5) is 25.1. The lowest BCUT2D eigenvalue weighted by Crippen LogP contribution is -2.35. The molecule has 6 nitrogen and oxygen atoms in total. The molecule has 1 fully saturated rings. The molecule has 1 aliphatic heterocycles. The molecule has 0 N–H and O–H groups in total. The van der Waals surface area contributed by atoms with Crippen molar-refractivity contribution in [3.8, 4) is 0 Å². The number of rotatable bonds is 4. The Balaban J connectivity index is 2.07. The van der Waals surface area contributed by atoms with E-state index < -0.39 is 10.8 Å². The van der Waals surface area contributed by atoms with Crippen LogP contribution in [-0.4, -0.2) is 40.8 Å². The van der Waals surface area contributed by atoms with Gasteiger partial charge in [0, 0.05) is 19.2 Å². The van der Waals surface area contributed by atoms with Crippen LogP contribution in [0, 0.1) is 5.92 Å². The van der Waals surface area contributed by atoms with E-state index in [1.807, 2.05) is 0 Å². The van der Waals surface area contributed by atoms with Gasteiger partial charge in [0.1, 0.15) is 4.83 Å². The molecule has 116 valence electrons. The van der Waals surface area contributed by atoms with Crippen LogP contribution < -0.4 is 10.5 Å². The molecule has 1 aliphatic rings. The second kappa shape index (κ2) is 7.06. The van der Waals surface area contributed by atoms with Gasteiger partial charge >= 0.3 is 5.97 Å². The molecule has 0 spiro atoms. The van der Waals surface area contributed by atoms with Gasteiger partial charge in [-0.15, -0.1) is 0 Å². The van der Waals surface area contributed by atoms with Crippen LogP contribution in [0.2, 0.25) is 0 Å². The summed E-state index contributed by atoms with van der Waals surface area (Å²) in [6.45, 7) is 4.31. The van der Waals surface area contributed by atoms with Gasteiger partial charge in [-0.05, 0) is 18.8 Å². The molecule has 0 aliphatic carbocycles. The minimum atomic E-state index is -0.575. The highest BCUT2D eigenvalue weighted by molar-refractivity contribution is 9.10. The number of alkyl halides is 1. The van der Waals surface area contributed by atoms with Crippen LogP contribution >= 0.6 is 15.9 Å². The van der Waals surface area contributed by atoms with Crippen molar-refractivity contribution in [1.29, 1.82) is 0 Å². The van der Waals surface area contributed by atoms with E-state index in [0.29, 0.717) is 0 Å². The number of carbonyl (C=O) groups excluding carboxylic acids is 1. The molecule has 1 aromatic rings. The number of esters is 1. The Morgan fingerprint density at radius 2 is 2.19 bits per heavy atom. The van der Waals surface area contributed by atoms with Crippen LogP contribution in [0.4, 0.5) is 5.69 Å². The summed E-state index contributed by atoms with van der Waals surface area (Å²) in [6.07, 6.45) is 3.96. The first-order valence-electron chi connectivity index (χ1n) is 7.05. The zero-order chi connectivity index (χ0) is 15.4. The molecule has 2 rings (SSSR count). The molecule has 21 heavy (non-hydrogen) atoms. The predicted octanol–water partition coefficient (Wildman–Crippen LogP) is 1.42. The van der Waals surface area contributed by atoms with Crippen molar-refractivity contribution in [3.63, 3.8) is 0 Å². The highest BCUT2D eigenvalue weighted by Gasteiger charge is 2.19. The highest BCUT2D eigenvalue weighted by atomic mass is 79.9. The molecular weight excluding hydrogens is 338 g/mol. The molecule has 0 aromatic carbocycles. The largest absolute Gasteiger partial charge is 0.468 e. The number of aromatic nitrogens is 2. The first kappa shape index (κ1) is 16.0. The first-order chi connectivity index (χ1) is 10.0. The van der Waals surface area contributed by atoms with Gasteiger partial charge in [0.2, 0.25) is 0 Å². The smallest absolute Gasteiger partial charge is 0.321 e.